The van der Waals surface area contributed by atoms with Gasteiger partial charge in [-0.2, -0.15) is 0 Å². The van der Waals surface area contributed by atoms with Gasteiger partial charge < -0.3 is 19.9 Å². The van der Waals surface area contributed by atoms with Crippen LogP contribution in [0.5, 0.6) is 5.75 Å². The predicted octanol–water partition coefficient (Wildman–Crippen LogP) is 1.78. The Hall–Kier alpha value is -1.59. The van der Waals surface area contributed by atoms with Crippen LogP contribution in [0.25, 0.3) is 0 Å². The van der Waals surface area contributed by atoms with Gasteiger partial charge in [-0.3, -0.25) is 4.79 Å². The first-order valence-corrected chi connectivity index (χ1v) is 7.15. The number of esters is 1. The fourth-order valence-electron chi connectivity index (χ4n) is 1.75. The monoisotopic (exact) mass is 295 g/mol. The lowest BCUT2D eigenvalue weighted by molar-refractivity contribution is -0.142. The highest BCUT2D eigenvalue weighted by atomic mass is 16.5. The van der Waals surface area contributed by atoms with Crippen molar-refractivity contribution < 1.29 is 19.0 Å². The van der Waals surface area contributed by atoms with Gasteiger partial charge in [0.1, 0.15) is 18.4 Å². The molecule has 0 aliphatic rings. The molecule has 0 fully saturated rings. The molecule has 1 aromatic carbocycles. The molecule has 0 amide bonds. The molecule has 118 valence electrons. The molecule has 5 heteroatoms. The third-order valence-corrected chi connectivity index (χ3v) is 2.83. The Kier molecular flexibility index (Phi) is 7.79. The highest BCUT2D eigenvalue weighted by molar-refractivity contribution is 5.75. The third-order valence-electron chi connectivity index (χ3n) is 2.83. The van der Waals surface area contributed by atoms with Crippen molar-refractivity contribution in [3.63, 3.8) is 0 Å². The maximum Gasteiger partial charge on any atom is 0.322 e. The van der Waals surface area contributed by atoms with Crippen LogP contribution < -0.4 is 10.5 Å². The van der Waals surface area contributed by atoms with E-state index in [1.807, 2.05) is 24.3 Å². The smallest absolute Gasteiger partial charge is 0.322 e. The molecule has 0 heterocycles. The van der Waals surface area contributed by atoms with Crippen LogP contribution in [0.4, 0.5) is 0 Å². The fraction of sp³-hybridized carbons (Fsp3) is 0.562. The van der Waals surface area contributed by atoms with Crippen molar-refractivity contribution in [1.29, 1.82) is 0 Å². The number of methoxy groups -OCH3 is 1. The maximum atomic E-state index is 11.2. The first-order chi connectivity index (χ1) is 10.0. The van der Waals surface area contributed by atoms with Gasteiger partial charge >= 0.3 is 5.97 Å². The zero-order chi connectivity index (χ0) is 15.7. The molecule has 5 nitrogen and oxygen atoms in total. The summed E-state index contributed by atoms with van der Waals surface area (Å²) in [5.74, 6) is 0.902. The van der Waals surface area contributed by atoms with E-state index in [0.717, 1.165) is 17.9 Å². The van der Waals surface area contributed by atoms with Crippen molar-refractivity contribution in [1.82, 2.24) is 0 Å². The number of benzene rings is 1. The second-order valence-corrected chi connectivity index (χ2v) is 5.29. The minimum Gasteiger partial charge on any atom is -0.491 e. The number of nitrogens with two attached hydrogens (primary N) is 1. The van der Waals surface area contributed by atoms with E-state index in [1.54, 1.807) is 0 Å². The van der Waals surface area contributed by atoms with Gasteiger partial charge in [0.15, 0.2) is 0 Å². The standard InChI is InChI=1S/C16H25NO4/c1-12(2)11-20-8-9-21-14-6-4-13(5-7-14)10-15(17)16(18)19-3/h4-7,12,15H,8-11,17H2,1-3H3. The summed E-state index contributed by atoms with van der Waals surface area (Å²) < 4.78 is 15.6. The van der Waals surface area contributed by atoms with E-state index >= 15 is 0 Å². The summed E-state index contributed by atoms with van der Waals surface area (Å²) in [5.41, 5.74) is 6.68. The Balaban J connectivity index is 2.32. The lowest BCUT2D eigenvalue weighted by atomic mass is 10.1. The first kappa shape index (κ1) is 17.5. The van der Waals surface area contributed by atoms with Crippen molar-refractivity contribution in [3.05, 3.63) is 29.8 Å². The highest BCUT2D eigenvalue weighted by Gasteiger charge is 2.13. The molecule has 0 bridgehead atoms. The summed E-state index contributed by atoms with van der Waals surface area (Å²) in [6, 6.07) is 6.88. The minimum absolute atomic E-state index is 0.405. The van der Waals surface area contributed by atoms with Crippen molar-refractivity contribution in [2.45, 2.75) is 26.3 Å². The van der Waals surface area contributed by atoms with Crippen LogP contribution in [0.3, 0.4) is 0 Å². The van der Waals surface area contributed by atoms with Crippen LogP contribution in [-0.2, 0) is 20.7 Å². The molecule has 0 aromatic heterocycles. The average molecular weight is 295 g/mol. The van der Waals surface area contributed by atoms with Crippen LogP contribution in [0.2, 0.25) is 0 Å². The summed E-state index contributed by atoms with van der Waals surface area (Å²) in [7, 11) is 1.33. The number of carbonyl (C=O) groups is 1. The van der Waals surface area contributed by atoms with Crippen LogP contribution in [0.1, 0.15) is 19.4 Å². The molecule has 2 N–H and O–H groups in total. The molecule has 1 atom stereocenters. The summed E-state index contributed by atoms with van der Waals surface area (Å²) in [6.45, 7) is 6.06. The maximum absolute atomic E-state index is 11.2. The zero-order valence-electron chi connectivity index (χ0n) is 13.0. The SMILES string of the molecule is COC(=O)C(N)Cc1ccc(OCCOCC(C)C)cc1. The molecule has 0 aliphatic carbocycles. The Morgan fingerprint density at radius 2 is 1.86 bits per heavy atom. The number of hydrogen-bond acceptors (Lipinski definition) is 5. The van der Waals surface area contributed by atoms with Gasteiger partial charge in [-0.25, -0.2) is 0 Å². The van der Waals surface area contributed by atoms with E-state index in [9.17, 15) is 4.79 Å². The number of carbonyl (C=O) groups excluding carboxylic acids is 1. The second kappa shape index (κ2) is 9.37. The van der Waals surface area contributed by atoms with Crippen molar-refractivity contribution >= 4 is 5.97 Å². The summed E-state index contributed by atoms with van der Waals surface area (Å²) in [5, 5.41) is 0. The van der Waals surface area contributed by atoms with Gasteiger partial charge in [0.25, 0.3) is 0 Å². The topological polar surface area (TPSA) is 70.8 Å². The van der Waals surface area contributed by atoms with Gasteiger partial charge in [-0.05, 0) is 30.0 Å². The summed E-state index contributed by atoms with van der Waals surface area (Å²) in [6.07, 6.45) is 0.449. The molecule has 1 unspecified atom stereocenters. The van der Waals surface area contributed by atoms with Gasteiger partial charge in [0.05, 0.1) is 13.7 Å². The molecular weight excluding hydrogens is 270 g/mol. The van der Waals surface area contributed by atoms with Gasteiger partial charge in [-0.15, -0.1) is 0 Å². The molecule has 1 aromatic rings. The Morgan fingerprint density at radius 1 is 1.19 bits per heavy atom. The van der Waals surface area contributed by atoms with Gasteiger partial charge in [0.2, 0.25) is 0 Å². The Labute approximate surface area is 126 Å². The molecule has 0 radical (unpaired) electrons. The molecule has 21 heavy (non-hydrogen) atoms. The van der Waals surface area contributed by atoms with E-state index in [0.29, 0.717) is 25.6 Å². The van der Waals surface area contributed by atoms with Crippen LogP contribution in [0, 0.1) is 5.92 Å². The van der Waals surface area contributed by atoms with Crippen LogP contribution in [0.15, 0.2) is 24.3 Å². The first-order valence-electron chi connectivity index (χ1n) is 7.15. The molecule has 0 saturated heterocycles. The van der Waals surface area contributed by atoms with Gasteiger partial charge in [-0.1, -0.05) is 26.0 Å². The quantitative estimate of drug-likeness (QED) is 0.555. The largest absolute Gasteiger partial charge is 0.491 e. The predicted molar refractivity (Wildman–Crippen MR) is 81.3 cm³/mol. The van der Waals surface area contributed by atoms with Crippen molar-refractivity contribution in [3.8, 4) is 5.75 Å². The zero-order valence-corrected chi connectivity index (χ0v) is 13.0. The lowest BCUT2D eigenvalue weighted by Gasteiger charge is -2.11. The van der Waals surface area contributed by atoms with Crippen LogP contribution in [-0.4, -0.2) is 38.9 Å². The van der Waals surface area contributed by atoms with E-state index < -0.39 is 12.0 Å². The third kappa shape index (κ3) is 7.11. The normalized spacial score (nSPS) is 12.2. The molecular formula is C16H25NO4. The van der Waals surface area contributed by atoms with E-state index in [2.05, 4.69) is 18.6 Å². The van der Waals surface area contributed by atoms with E-state index in [-0.39, 0.29) is 0 Å². The van der Waals surface area contributed by atoms with E-state index in [4.69, 9.17) is 15.2 Å². The Bertz CT molecular complexity index is 417. The van der Waals surface area contributed by atoms with E-state index in [1.165, 1.54) is 7.11 Å². The summed E-state index contributed by atoms with van der Waals surface area (Å²) in [4.78, 5) is 11.2. The number of hydrogen-bond donors (Lipinski definition) is 1. The lowest BCUT2D eigenvalue weighted by Crippen LogP contribution is -2.33. The van der Waals surface area contributed by atoms with Crippen LogP contribution >= 0.6 is 0 Å². The van der Waals surface area contributed by atoms with Crippen molar-refractivity contribution in [2.24, 2.45) is 11.7 Å². The average Bonchev–Trinajstić information content (AvgIpc) is 2.47. The Morgan fingerprint density at radius 3 is 2.43 bits per heavy atom. The summed E-state index contributed by atoms with van der Waals surface area (Å²) >= 11 is 0. The fourth-order valence-corrected chi connectivity index (χ4v) is 1.75. The van der Waals surface area contributed by atoms with Crippen molar-refractivity contribution in [2.75, 3.05) is 26.9 Å². The number of ether oxygens (including phenoxy) is 3. The molecule has 0 aliphatic heterocycles. The minimum atomic E-state index is -0.633. The highest BCUT2D eigenvalue weighted by Crippen LogP contribution is 2.13. The number of rotatable bonds is 9. The molecule has 1 rings (SSSR count). The second-order valence-electron chi connectivity index (χ2n) is 5.29. The molecule has 0 spiro atoms. The molecule has 0 saturated carbocycles. The van der Waals surface area contributed by atoms with Gasteiger partial charge in [0, 0.05) is 6.61 Å².